The maximum atomic E-state index is 12.1. The van der Waals surface area contributed by atoms with Crippen LogP contribution < -0.4 is 5.32 Å². The predicted molar refractivity (Wildman–Crippen MR) is 66.0 cm³/mol. The first-order valence-electron chi connectivity index (χ1n) is 6.48. The van der Waals surface area contributed by atoms with Crippen molar-refractivity contribution in [2.75, 3.05) is 13.2 Å². The van der Waals surface area contributed by atoms with E-state index in [4.69, 9.17) is 4.74 Å². The Hall–Kier alpha value is -1.43. The van der Waals surface area contributed by atoms with Crippen molar-refractivity contribution in [2.24, 2.45) is 0 Å². The van der Waals surface area contributed by atoms with E-state index in [1.807, 2.05) is 18.5 Å². The molecule has 0 spiro atoms. The van der Waals surface area contributed by atoms with E-state index in [0.717, 1.165) is 19.4 Å². The number of aromatic nitrogens is 3. The molecule has 1 fully saturated rings. The lowest BCUT2D eigenvalue weighted by molar-refractivity contribution is -0.151. The third-order valence-electron chi connectivity index (χ3n) is 3.48. The second-order valence-electron chi connectivity index (χ2n) is 4.61. The highest BCUT2D eigenvalue weighted by atomic mass is 16.5. The van der Waals surface area contributed by atoms with Crippen LogP contribution in [0.2, 0.25) is 0 Å². The number of ether oxygens (including phenoxy) is 1. The van der Waals surface area contributed by atoms with Crippen LogP contribution in [0.4, 0.5) is 0 Å². The second-order valence-corrected chi connectivity index (χ2v) is 4.61. The number of nitrogens with one attached hydrogen (secondary N) is 1. The quantitative estimate of drug-likeness (QED) is 0.789. The normalized spacial score (nSPS) is 27.3. The van der Waals surface area contributed by atoms with Crippen molar-refractivity contribution in [3.8, 4) is 0 Å². The zero-order chi connectivity index (χ0) is 13.0. The van der Waals surface area contributed by atoms with E-state index in [9.17, 15) is 4.79 Å². The van der Waals surface area contributed by atoms with Gasteiger partial charge in [-0.15, -0.1) is 0 Å². The van der Waals surface area contributed by atoms with Gasteiger partial charge in [-0.05, 0) is 32.7 Å². The maximum absolute atomic E-state index is 12.1. The molecular formula is C12H20N4O2. The summed E-state index contributed by atoms with van der Waals surface area (Å²) in [6.07, 6.45) is 5.64. The number of hydrogen-bond donors (Lipinski definition) is 1. The molecule has 6 nitrogen and oxygen atoms in total. The standard InChI is InChI=1S/C12H20N4O2/c1-3-14-12(11(17)18-4-2)6-5-10(7-12)16-9-13-8-15-16/h8-10,14H,3-7H2,1-2H3. The first kappa shape index (κ1) is 13.0. The van der Waals surface area contributed by atoms with Gasteiger partial charge in [-0.2, -0.15) is 5.10 Å². The van der Waals surface area contributed by atoms with Gasteiger partial charge in [0.25, 0.3) is 0 Å². The van der Waals surface area contributed by atoms with E-state index in [1.54, 1.807) is 6.33 Å². The molecule has 0 radical (unpaired) electrons. The summed E-state index contributed by atoms with van der Waals surface area (Å²) in [5.74, 6) is -0.144. The molecule has 6 heteroatoms. The second kappa shape index (κ2) is 5.48. The smallest absolute Gasteiger partial charge is 0.326 e. The molecule has 0 aromatic carbocycles. The van der Waals surface area contributed by atoms with Crippen molar-refractivity contribution in [2.45, 2.75) is 44.7 Å². The Kier molecular flexibility index (Phi) is 3.96. The summed E-state index contributed by atoms with van der Waals surface area (Å²) in [7, 11) is 0. The van der Waals surface area contributed by atoms with Crippen LogP contribution in [0.25, 0.3) is 0 Å². The highest BCUT2D eigenvalue weighted by Gasteiger charge is 2.46. The number of nitrogens with zero attached hydrogens (tertiary/aromatic N) is 3. The Morgan fingerprint density at radius 3 is 3.06 bits per heavy atom. The molecule has 1 aliphatic carbocycles. The van der Waals surface area contributed by atoms with E-state index < -0.39 is 5.54 Å². The van der Waals surface area contributed by atoms with Crippen molar-refractivity contribution < 1.29 is 9.53 Å². The number of likely N-dealkylation sites (N-methyl/N-ethyl adjacent to an activating group) is 1. The Labute approximate surface area is 107 Å². The zero-order valence-electron chi connectivity index (χ0n) is 10.9. The fraction of sp³-hybridized carbons (Fsp3) is 0.750. The van der Waals surface area contributed by atoms with Crippen molar-refractivity contribution >= 4 is 5.97 Å². The van der Waals surface area contributed by atoms with Crippen molar-refractivity contribution in [3.63, 3.8) is 0 Å². The van der Waals surface area contributed by atoms with E-state index in [1.165, 1.54) is 6.33 Å². The summed E-state index contributed by atoms with van der Waals surface area (Å²) in [6, 6.07) is 0.218. The van der Waals surface area contributed by atoms with Gasteiger partial charge < -0.3 is 10.1 Å². The van der Waals surface area contributed by atoms with Gasteiger partial charge >= 0.3 is 5.97 Å². The molecule has 0 saturated heterocycles. The average Bonchev–Trinajstić information content (AvgIpc) is 2.98. The van der Waals surface area contributed by atoms with Gasteiger partial charge in [-0.3, -0.25) is 4.79 Å². The molecular weight excluding hydrogens is 232 g/mol. The molecule has 2 rings (SSSR count). The third-order valence-corrected chi connectivity index (χ3v) is 3.48. The van der Waals surface area contributed by atoms with Gasteiger partial charge in [0.05, 0.1) is 12.6 Å². The van der Waals surface area contributed by atoms with Crippen LogP contribution in [0.15, 0.2) is 12.7 Å². The lowest BCUT2D eigenvalue weighted by atomic mass is 9.97. The van der Waals surface area contributed by atoms with Gasteiger partial charge in [-0.25, -0.2) is 9.67 Å². The van der Waals surface area contributed by atoms with E-state index in [0.29, 0.717) is 13.0 Å². The highest BCUT2D eigenvalue weighted by molar-refractivity contribution is 5.81. The maximum Gasteiger partial charge on any atom is 0.326 e. The summed E-state index contributed by atoms with van der Waals surface area (Å²) in [6.45, 7) is 5.01. The monoisotopic (exact) mass is 252 g/mol. The van der Waals surface area contributed by atoms with E-state index in [2.05, 4.69) is 15.4 Å². The van der Waals surface area contributed by atoms with Crippen molar-refractivity contribution in [3.05, 3.63) is 12.7 Å². The summed E-state index contributed by atoms with van der Waals surface area (Å²) >= 11 is 0. The topological polar surface area (TPSA) is 69.0 Å². The first-order valence-corrected chi connectivity index (χ1v) is 6.48. The first-order chi connectivity index (χ1) is 8.72. The fourth-order valence-electron chi connectivity index (χ4n) is 2.68. The molecule has 1 heterocycles. The van der Waals surface area contributed by atoms with Crippen LogP contribution in [0.1, 0.15) is 39.2 Å². The average molecular weight is 252 g/mol. The molecule has 100 valence electrons. The molecule has 1 aromatic rings. The molecule has 2 atom stereocenters. The SMILES string of the molecule is CCNC1(C(=O)OCC)CCC(n2cncn2)C1. The summed E-state index contributed by atoms with van der Waals surface area (Å²) in [4.78, 5) is 16.1. The minimum absolute atomic E-state index is 0.144. The number of carbonyl (C=O) groups excluding carboxylic acids is 1. The van der Waals surface area contributed by atoms with Crippen molar-refractivity contribution in [1.82, 2.24) is 20.1 Å². The minimum Gasteiger partial charge on any atom is -0.465 e. The van der Waals surface area contributed by atoms with Gasteiger partial charge in [0.2, 0.25) is 0 Å². The number of rotatable bonds is 5. The van der Waals surface area contributed by atoms with Gasteiger partial charge in [-0.1, -0.05) is 6.92 Å². The van der Waals surface area contributed by atoms with Crippen LogP contribution >= 0.6 is 0 Å². The molecule has 0 aliphatic heterocycles. The fourth-order valence-corrected chi connectivity index (χ4v) is 2.68. The molecule has 1 N–H and O–H groups in total. The van der Waals surface area contributed by atoms with Crippen LogP contribution in [-0.4, -0.2) is 39.4 Å². The molecule has 2 unspecified atom stereocenters. The van der Waals surface area contributed by atoms with Gasteiger partial charge in [0.1, 0.15) is 18.2 Å². The molecule has 1 aliphatic rings. The van der Waals surface area contributed by atoms with Crippen LogP contribution in [0.5, 0.6) is 0 Å². The van der Waals surface area contributed by atoms with E-state index in [-0.39, 0.29) is 12.0 Å². The zero-order valence-corrected chi connectivity index (χ0v) is 10.9. The summed E-state index contributed by atoms with van der Waals surface area (Å²) < 4.78 is 7.03. The highest BCUT2D eigenvalue weighted by Crippen LogP contribution is 2.38. The third kappa shape index (κ3) is 2.38. The number of hydrogen-bond acceptors (Lipinski definition) is 5. The minimum atomic E-state index is -0.554. The largest absolute Gasteiger partial charge is 0.465 e. The van der Waals surface area contributed by atoms with Crippen LogP contribution in [0, 0.1) is 0 Å². The summed E-state index contributed by atoms with van der Waals surface area (Å²) in [5, 5.41) is 7.45. The number of esters is 1. The van der Waals surface area contributed by atoms with Crippen LogP contribution in [-0.2, 0) is 9.53 Å². The Bertz CT molecular complexity index is 393. The van der Waals surface area contributed by atoms with Gasteiger partial charge in [0, 0.05) is 0 Å². The van der Waals surface area contributed by atoms with Crippen molar-refractivity contribution in [1.29, 1.82) is 0 Å². The summed E-state index contributed by atoms with van der Waals surface area (Å²) in [5.41, 5.74) is -0.554. The van der Waals surface area contributed by atoms with E-state index >= 15 is 0 Å². The molecule has 1 saturated carbocycles. The Balaban J connectivity index is 2.11. The Morgan fingerprint density at radius 2 is 2.44 bits per heavy atom. The molecule has 18 heavy (non-hydrogen) atoms. The predicted octanol–water partition coefficient (Wildman–Crippen LogP) is 0.914. The lowest BCUT2D eigenvalue weighted by Gasteiger charge is -2.27. The molecule has 0 amide bonds. The van der Waals surface area contributed by atoms with Gasteiger partial charge in [0.15, 0.2) is 0 Å². The molecule has 0 bridgehead atoms. The Morgan fingerprint density at radius 1 is 1.61 bits per heavy atom. The van der Waals surface area contributed by atoms with Crippen LogP contribution in [0.3, 0.4) is 0 Å². The lowest BCUT2D eigenvalue weighted by Crippen LogP contribution is -2.51. The molecule has 1 aromatic heterocycles. The number of carbonyl (C=O) groups is 1.